The zero-order chi connectivity index (χ0) is 15.2. The predicted octanol–water partition coefficient (Wildman–Crippen LogP) is 7.37. The molecule has 0 heterocycles. The molecule has 128 valence electrons. The molecular formula is C22H40. The van der Waals surface area contributed by atoms with Gasteiger partial charge in [-0.3, -0.25) is 0 Å². The molecule has 0 aromatic rings. The minimum absolute atomic E-state index is 1.01. The fraction of sp³-hybridized carbons (Fsp3) is 1.00. The lowest BCUT2D eigenvalue weighted by Gasteiger charge is -2.29. The van der Waals surface area contributed by atoms with Crippen molar-refractivity contribution >= 4 is 0 Å². The molecule has 0 N–H and O–H groups in total. The topological polar surface area (TPSA) is 0 Å². The van der Waals surface area contributed by atoms with Crippen LogP contribution in [0.5, 0.6) is 0 Å². The van der Waals surface area contributed by atoms with Crippen LogP contribution in [0.2, 0.25) is 0 Å². The number of hydrogen-bond donors (Lipinski definition) is 0. The SMILES string of the molecule is CC1CCCC(C2CCC(C3CCCCCCC3)C2)CCC1. The average molecular weight is 305 g/mol. The molecule has 2 unspecified atom stereocenters. The summed E-state index contributed by atoms with van der Waals surface area (Å²) in [4.78, 5) is 0. The summed E-state index contributed by atoms with van der Waals surface area (Å²) < 4.78 is 0. The highest BCUT2D eigenvalue weighted by molar-refractivity contribution is 4.85. The van der Waals surface area contributed by atoms with Crippen molar-refractivity contribution in [2.45, 2.75) is 110 Å². The van der Waals surface area contributed by atoms with Crippen LogP contribution in [0.15, 0.2) is 0 Å². The first-order valence-electron chi connectivity index (χ1n) is 10.8. The van der Waals surface area contributed by atoms with Gasteiger partial charge >= 0.3 is 0 Å². The molecule has 2 atom stereocenters. The standard InChI is InChI=1S/C22H40/c1-18-9-7-13-20(14-8-10-18)22-16-15-21(17-22)19-11-5-3-2-4-6-12-19/h18-22H,2-17H2,1H3. The molecule has 0 spiro atoms. The Balaban J connectivity index is 1.48. The van der Waals surface area contributed by atoms with Crippen LogP contribution >= 0.6 is 0 Å². The summed E-state index contributed by atoms with van der Waals surface area (Å²) in [6.45, 7) is 2.47. The van der Waals surface area contributed by atoms with E-state index in [4.69, 9.17) is 0 Å². The van der Waals surface area contributed by atoms with Crippen molar-refractivity contribution in [3.8, 4) is 0 Å². The van der Waals surface area contributed by atoms with Gasteiger partial charge in [0.15, 0.2) is 0 Å². The maximum Gasteiger partial charge on any atom is -0.0383 e. The van der Waals surface area contributed by atoms with E-state index in [1.54, 1.807) is 44.9 Å². The van der Waals surface area contributed by atoms with Crippen molar-refractivity contribution in [2.24, 2.45) is 29.6 Å². The van der Waals surface area contributed by atoms with Gasteiger partial charge < -0.3 is 0 Å². The van der Waals surface area contributed by atoms with Gasteiger partial charge in [-0.1, -0.05) is 90.4 Å². The van der Waals surface area contributed by atoms with Gasteiger partial charge in [-0.2, -0.15) is 0 Å². The van der Waals surface area contributed by atoms with Gasteiger partial charge in [-0.25, -0.2) is 0 Å². The summed E-state index contributed by atoms with van der Waals surface area (Å²) in [5, 5.41) is 0. The second-order valence-corrected chi connectivity index (χ2v) is 9.17. The second-order valence-electron chi connectivity index (χ2n) is 9.17. The summed E-state index contributed by atoms with van der Waals surface area (Å²) in [6.07, 6.45) is 24.7. The first kappa shape index (κ1) is 16.8. The Morgan fingerprint density at radius 3 is 1.41 bits per heavy atom. The summed E-state index contributed by atoms with van der Waals surface area (Å²) >= 11 is 0. The van der Waals surface area contributed by atoms with E-state index in [0.29, 0.717) is 0 Å². The van der Waals surface area contributed by atoms with Gasteiger partial charge in [-0.15, -0.1) is 0 Å². The van der Waals surface area contributed by atoms with Gasteiger partial charge in [0.25, 0.3) is 0 Å². The predicted molar refractivity (Wildman–Crippen MR) is 97.0 cm³/mol. The first-order chi connectivity index (χ1) is 10.8. The maximum absolute atomic E-state index is 2.47. The van der Waals surface area contributed by atoms with E-state index in [2.05, 4.69) is 6.92 Å². The molecule has 3 fully saturated rings. The normalized spacial score (nSPS) is 39.7. The molecule has 0 nitrogen and oxygen atoms in total. The van der Waals surface area contributed by atoms with Crippen molar-refractivity contribution in [2.75, 3.05) is 0 Å². The highest BCUT2D eigenvalue weighted by Crippen LogP contribution is 2.46. The van der Waals surface area contributed by atoms with Gasteiger partial charge in [0.1, 0.15) is 0 Å². The molecule has 0 radical (unpaired) electrons. The van der Waals surface area contributed by atoms with E-state index < -0.39 is 0 Å². The Labute approximate surface area is 139 Å². The van der Waals surface area contributed by atoms with E-state index in [1.165, 1.54) is 57.8 Å². The van der Waals surface area contributed by atoms with E-state index in [-0.39, 0.29) is 0 Å². The molecule has 0 aliphatic heterocycles. The van der Waals surface area contributed by atoms with Crippen LogP contribution in [0.25, 0.3) is 0 Å². The fourth-order valence-electron chi connectivity index (χ4n) is 6.09. The summed E-state index contributed by atoms with van der Waals surface area (Å²) in [5.41, 5.74) is 0. The molecule has 3 saturated carbocycles. The first-order valence-corrected chi connectivity index (χ1v) is 10.8. The minimum Gasteiger partial charge on any atom is -0.0625 e. The summed E-state index contributed by atoms with van der Waals surface area (Å²) in [5.74, 6) is 5.45. The second kappa shape index (κ2) is 8.74. The zero-order valence-corrected chi connectivity index (χ0v) is 15.2. The molecule has 0 heteroatoms. The van der Waals surface area contributed by atoms with Crippen molar-refractivity contribution in [1.29, 1.82) is 0 Å². The molecular weight excluding hydrogens is 264 g/mol. The average Bonchev–Trinajstić information content (AvgIpc) is 2.92. The van der Waals surface area contributed by atoms with Crippen LogP contribution in [0, 0.1) is 29.6 Å². The third-order valence-corrected chi connectivity index (χ3v) is 7.54. The number of hydrogen-bond acceptors (Lipinski definition) is 0. The van der Waals surface area contributed by atoms with Gasteiger partial charge in [0, 0.05) is 0 Å². The third kappa shape index (κ3) is 4.75. The highest BCUT2D eigenvalue weighted by Gasteiger charge is 2.34. The van der Waals surface area contributed by atoms with E-state index in [1.807, 2.05) is 0 Å². The molecule has 3 aliphatic rings. The van der Waals surface area contributed by atoms with Crippen molar-refractivity contribution in [3.05, 3.63) is 0 Å². The monoisotopic (exact) mass is 304 g/mol. The van der Waals surface area contributed by atoms with Gasteiger partial charge in [0.05, 0.1) is 0 Å². The molecule has 0 aromatic carbocycles. The Kier molecular flexibility index (Phi) is 6.69. The zero-order valence-electron chi connectivity index (χ0n) is 15.2. The lowest BCUT2D eigenvalue weighted by atomic mass is 9.77. The Hall–Kier alpha value is 0. The smallest absolute Gasteiger partial charge is 0.0383 e. The largest absolute Gasteiger partial charge is 0.0625 e. The molecule has 0 amide bonds. The van der Waals surface area contributed by atoms with Gasteiger partial charge in [-0.05, 0) is 48.9 Å². The third-order valence-electron chi connectivity index (χ3n) is 7.54. The molecule has 22 heavy (non-hydrogen) atoms. The Morgan fingerprint density at radius 1 is 0.409 bits per heavy atom. The number of rotatable bonds is 2. The van der Waals surface area contributed by atoms with E-state index in [9.17, 15) is 0 Å². The minimum atomic E-state index is 1.01. The van der Waals surface area contributed by atoms with E-state index >= 15 is 0 Å². The van der Waals surface area contributed by atoms with Gasteiger partial charge in [0.2, 0.25) is 0 Å². The van der Waals surface area contributed by atoms with Crippen molar-refractivity contribution in [1.82, 2.24) is 0 Å². The molecule has 0 saturated heterocycles. The van der Waals surface area contributed by atoms with E-state index in [0.717, 1.165) is 29.6 Å². The maximum atomic E-state index is 2.47. The molecule has 3 rings (SSSR count). The molecule has 3 aliphatic carbocycles. The van der Waals surface area contributed by atoms with Crippen LogP contribution in [0.3, 0.4) is 0 Å². The quantitative estimate of drug-likeness (QED) is 0.499. The Bertz CT molecular complexity index is 289. The van der Waals surface area contributed by atoms with Crippen LogP contribution in [-0.2, 0) is 0 Å². The lowest BCUT2D eigenvalue weighted by molar-refractivity contribution is 0.221. The van der Waals surface area contributed by atoms with Crippen molar-refractivity contribution < 1.29 is 0 Å². The lowest BCUT2D eigenvalue weighted by Crippen LogP contribution is -2.18. The highest BCUT2D eigenvalue weighted by atomic mass is 14.4. The van der Waals surface area contributed by atoms with Crippen LogP contribution in [-0.4, -0.2) is 0 Å². The Morgan fingerprint density at radius 2 is 0.864 bits per heavy atom. The fourth-order valence-corrected chi connectivity index (χ4v) is 6.09. The van der Waals surface area contributed by atoms with Crippen LogP contribution < -0.4 is 0 Å². The molecule has 0 bridgehead atoms. The summed E-state index contributed by atoms with van der Waals surface area (Å²) in [6, 6.07) is 0. The van der Waals surface area contributed by atoms with Crippen LogP contribution in [0.1, 0.15) is 110 Å². The van der Waals surface area contributed by atoms with Crippen molar-refractivity contribution in [3.63, 3.8) is 0 Å². The molecule has 0 aromatic heterocycles. The van der Waals surface area contributed by atoms with Crippen LogP contribution in [0.4, 0.5) is 0 Å². The summed E-state index contributed by atoms with van der Waals surface area (Å²) in [7, 11) is 0.